The van der Waals surface area contributed by atoms with E-state index in [1.54, 1.807) is 0 Å². The Labute approximate surface area is 57.1 Å². The van der Waals surface area contributed by atoms with Crippen LogP contribution in [0.5, 0.6) is 0 Å². The van der Waals surface area contributed by atoms with Crippen LogP contribution in [0.2, 0.25) is 0 Å². The van der Waals surface area contributed by atoms with Crippen molar-refractivity contribution in [3.8, 4) is 0 Å². The quantitative estimate of drug-likeness (QED) is 0.614. The Hall–Kier alpha value is -0.0400. The molecular formula is C8H16O. The predicted molar refractivity (Wildman–Crippen MR) is 38.2 cm³/mol. The first kappa shape index (κ1) is 7.07. The molecule has 1 atom stereocenters. The van der Waals surface area contributed by atoms with E-state index in [2.05, 4.69) is 13.8 Å². The van der Waals surface area contributed by atoms with Gasteiger partial charge in [0, 0.05) is 6.61 Å². The molecule has 0 bridgehead atoms. The van der Waals surface area contributed by atoms with Crippen molar-refractivity contribution in [2.75, 3.05) is 6.61 Å². The second kappa shape index (κ2) is 2.30. The lowest BCUT2D eigenvalue weighted by molar-refractivity contribution is 0.115. The molecule has 1 aliphatic carbocycles. The first-order chi connectivity index (χ1) is 4.23. The third-order valence-corrected chi connectivity index (χ3v) is 2.73. The fourth-order valence-corrected chi connectivity index (χ4v) is 1.31. The predicted octanol–water partition coefficient (Wildman–Crippen LogP) is 1.80. The molecule has 1 N–H and O–H groups in total. The summed E-state index contributed by atoms with van der Waals surface area (Å²) in [6.07, 6.45) is 3.80. The summed E-state index contributed by atoms with van der Waals surface area (Å²) in [7, 11) is 0. The highest BCUT2D eigenvalue weighted by molar-refractivity contribution is 4.89. The van der Waals surface area contributed by atoms with E-state index in [0.29, 0.717) is 6.61 Å². The highest BCUT2D eigenvalue weighted by Gasteiger charge is 2.39. The summed E-state index contributed by atoms with van der Waals surface area (Å²) in [6, 6.07) is 0. The van der Waals surface area contributed by atoms with E-state index < -0.39 is 0 Å². The molecule has 1 heteroatoms. The van der Waals surface area contributed by atoms with Crippen LogP contribution >= 0.6 is 0 Å². The maximum absolute atomic E-state index is 9.00. The van der Waals surface area contributed by atoms with Gasteiger partial charge in [0.05, 0.1) is 0 Å². The van der Waals surface area contributed by atoms with Gasteiger partial charge in [-0.05, 0) is 30.6 Å². The van der Waals surface area contributed by atoms with E-state index in [-0.39, 0.29) is 5.41 Å². The smallest absolute Gasteiger partial charge is 0.0487 e. The second-order valence-corrected chi connectivity index (χ2v) is 3.44. The lowest BCUT2D eigenvalue weighted by Crippen LogP contribution is -2.22. The standard InChI is InChI=1S/C8H16O/c1-3-8(2,6-9)7-4-5-7/h7,9H,3-6H2,1-2H3. The molecule has 54 valence electrons. The minimum absolute atomic E-state index is 0.250. The van der Waals surface area contributed by atoms with Crippen molar-refractivity contribution in [2.45, 2.75) is 33.1 Å². The topological polar surface area (TPSA) is 20.2 Å². The molecule has 1 saturated carbocycles. The fraction of sp³-hybridized carbons (Fsp3) is 1.00. The Morgan fingerprint density at radius 3 is 2.22 bits per heavy atom. The molecule has 0 aromatic carbocycles. The number of hydrogen-bond acceptors (Lipinski definition) is 1. The van der Waals surface area contributed by atoms with Gasteiger partial charge in [0.15, 0.2) is 0 Å². The molecule has 0 radical (unpaired) electrons. The zero-order chi connectivity index (χ0) is 6.91. The first-order valence-electron chi connectivity index (χ1n) is 3.84. The number of aliphatic hydroxyl groups is 1. The Kier molecular flexibility index (Phi) is 1.80. The monoisotopic (exact) mass is 128 g/mol. The minimum Gasteiger partial charge on any atom is -0.396 e. The van der Waals surface area contributed by atoms with Gasteiger partial charge in [0.2, 0.25) is 0 Å². The summed E-state index contributed by atoms with van der Waals surface area (Å²) in [4.78, 5) is 0. The molecule has 0 heterocycles. The molecule has 0 aliphatic heterocycles. The summed E-state index contributed by atoms with van der Waals surface area (Å²) < 4.78 is 0. The van der Waals surface area contributed by atoms with E-state index in [1.165, 1.54) is 12.8 Å². The maximum Gasteiger partial charge on any atom is 0.0487 e. The van der Waals surface area contributed by atoms with Crippen molar-refractivity contribution in [2.24, 2.45) is 11.3 Å². The van der Waals surface area contributed by atoms with E-state index in [4.69, 9.17) is 5.11 Å². The molecule has 0 amide bonds. The molecule has 9 heavy (non-hydrogen) atoms. The normalized spacial score (nSPS) is 25.7. The van der Waals surface area contributed by atoms with Crippen molar-refractivity contribution >= 4 is 0 Å². The SMILES string of the molecule is CCC(C)(CO)C1CC1. The van der Waals surface area contributed by atoms with Crippen LogP contribution in [-0.2, 0) is 0 Å². The lowest BCUT2D eigenvalue weighted by atomic mass is 9.83. The van der Waals surface area contributed by atoms with Crippen LogP contribution < -0.4 is 0 Å². The Bertz CT molecular complexity index is 90.7. The van der Waals surface area contributed by atoms with E-state index >= 15 is 0 Å². The number of rotatable bonds is 3. The highest BCUT2D eigenvalue weighted by Crippen LogP contribution is 2.46. The van der Waals surface area contributed by atoms with Gasteiger partial charge in [-0.25, -0.2) is 0 Å². The minimum atomic E-state index is 0.250. The van der Waals surface area contributed by atoms with E-state index in [0.717, 1.165) is 12.3 Å². The van der Waals surface area contributed by atoms with Gasteiger partial charge in [0.25, 0.3) is 0 Å². The molecule has 0 saturated heterocycles. The molecule has 1 aliphatic rings. The van der Waals surface area contributed by atoms with Crippen molar-refractivity contribution < 1.29 is 5.11 Å². The summed E-state index contributed by atoms with van der Waals surface area (Å²) in [6.45, 7) is 4.72. The van der Waals surface area contributed by atoms with Crippen molar-refractivity contribution in [3.05, 3.63) is 0 Å². The third kappa shape index (κ3) is 1.26. The molecule has 0 aromatic heterocycles. The largest absolute Gasteiger partial charge is 0.396 e. The van der Waals surface area contributed by atoms with Gasteiger partial charge in [-0.1, -0.05) is 13.8 Å². The maximum atomic E-state index is 9.00. The zero-order valence-electron chi connectivity index (χ0n) is 6.35. The summed E-state index contributed by atoms with van der Waals surface area (Å²) >= 11 is 0. The summed E-state index contributed by atoms with van der Waals surface area (Å²) in [5.41, 5.74) is 0.250. The van der Waals surface area contributed by atoms with Gasteiger partial charge < -0.3 is 5.11 Å². The fourth-order valence-electron chi connectivity index (χ4n) is 1.31. The van der Waals surface area contributed by atoms with Gasteiger partial charge in [-0.2, -0.15) is 0 Å². The van der Waals surface area contributed by atoms with Crippen LogP contribution in [0.4, 0.5) is 0 Å². The average molecular weight is 128 g/mol. The van der Waals surface area contributed by atoms with Crippen LogP contribution in [0, 0.1) is 11.3 Å². The second-order valence-electron chi connectivity index (χ2n) is 3.44. The van der Waals surface area contributed by atoms with Crippen molar-refractivity contribution in [3.63, 3.8) is 0 Å². The van der Waals surface area contributed by atoms with Crippen LogP contribution in [0.1, 0.15) is 33.1 Å². The van der Waals surface area contributed by atoms with Crippen LogP contribution in [0.3, 0.4) is 0 Å². The highest BCUT2D eigenvalue weighted by atomic mass is 16.3. The Morgan fingerprint density at radius 1 is 1.56 bits per heavy atom. The number of aliphatic hydroxyl groups excluding tert-OH is 1. The third-order valence-electron chi connectivity index (χ3n) is 2.73. The summed E-state index contributed by atoms with van der Waals surface area (Å²) in [5, 5.41) is 9.00. The Balaban J connectivity index is 2.43. The summed E-state index contributed by atoms with van der Waals surface area (Å²) in [5.74, 6) is 0.826. The molecule has 1 unspecified atom stereocenters. The van der Waals surface area contributed by atoms with Gasteiger partial charge >= 0.3 is 0 Å². The van der Waals surface area contributed by atoms with E-state index in [1.807, 2.05) is 0 Å². The van der Waals surface area contributed by atoms with Crippen LogP contribution in [0.25, 0.3) is 0 Å². The first-order valence-corrected chi connectivity index (χ1v) is 3.84. The van der Waals surface area contributed by atoms with Crippen LogP contribution in [0.15, 0.2) is 0 Å². The Morgan fingerprint density at radius 2 is 2.11 bits per heavy atom. The van der Waals surface area contributed by atoms with Crippen molar-refractivity contribution in [1.82, 2.24) is 0 Å². The molecule has 0 aromatic rings. The molecule has 1 fully saturated rings. The molecule has 1 nitrogen and oxygen atoms in total. The lowest BCUT2D eigenvalue weighted by Gasteiger charge is -2.24. The average Bonchev–Trinajstić information content (AvgIpc) is 2.68. The van der Waals surface area contributed by atoms with Crippen LogP contribution in [-0.4, -0.2) is 11.7 Å². The molecule has 0 spiro atoms. The zero-order valence-corrected chi connectivity index (χ0v) is 6.35. The molecular weight excluding hydrogens is 112 g/mol. The van der Waals surface area contributed by atoms with Gasteiger partial charge in [0.1, 0.15) is 0 Å². The van der Waals surface area contributed by atoms with E-state index in [9.17, 15) is 0 Å². The van der Waals surface area contributed by atoms with Crippen molar-refractivity contribution in [1.29, 1.82) is 0 Å². The van der Waals surface area contributed by atoms with Gasteiger partial charge in [-0.15, -0.1) is 0 Å². The number of hydrogen-bond donors (Lipinski definition) is 1. The molecule has 1 rings (SSSR count). The van der Waals surface area contributed by atoms with Gasteiger partial charge in [-0.3, -0.25) is 0 Å².